The quantitative estimate of drug-likeness (QED) is 0.604. The van der Waals surface area contributed by atoms with Crippen LogP contribution in [-0.4, -0.2) is 14.5 Å². The van der Waals surface area contributed by atoms with Crippen molar-refractivity contribution >= 4 is 22.5 Å². The van der Waals surface area contributed by atoms with E-state index < -0.39 is 0 Å². The highest BCUT2D eigenvalue weighted by atomic mass is 16.3. The van der Waals surface area contributed by atoms with Crippen LogP contribution in [0.15, 0.2) is 59.5 Å². The summed E-state index contributed by atoms with van der Waals surface area (Å²) in [6, 6.07) is 13.9. The fraction of sp³-hybridized carbons (Fsp3) is 0.158. The first-order valence-corrected chi connectivity index (χ1v) is 7.89. The Labute approximate surface area is 140 Å². The van der Waals surface area contributed by atoms with E-state index in [1.165, 1.54) is 5.56 Å². The number of benzene rings is 1. The topological polar surface area (TPSA) is 55.9 Å². The lowest BCUT2D eigenvalue weighted by molar-refractivity contribution is 0.494. The molecule has 120 valence electrons. The van der Waals surface area contributed by atoms with E-state index in [-0.39, 0.29) is 0 Å². The number of aryl methyl sites for hydroxylation is 1. The van der Waals surface area contributed by atoms with Gasteiger partial charge < -0.3 is 14.3 Å². The SMILES string of the molecule is Cc1c(C)n(Cc2ccco2)c2ncnc(Nc3ccccc3)c12. The molecule has 5 heteroatoms. The molecule has 0 spiro atoms. The molecule has 4 aromatic rings. The number of furan rings is 1. The Bertz CT molecular complexity index is 972. The Morgan fingerprint density at radius 1 is 1.04 bits per heavy atom. The lowest BCUT2D eigenvalue weighted by Crippen LogP contribution is -2.02. The second kappa shape index (κ2) is 5.85. The van der Waals surface area contributed by atoms with Crippen LogP contribution in [-0.2, 0) is 6.54 Å². The average Bonchev–Trinajstić information content (AvgIpc) is 3.20. The van der Waals surface area contributed by atoms with Crippen LogP contribution in [0.5, 0.6) is 0 Å². The monoisotopic (exact) mass is 318 g/mol. The second-order valence-corrected chi connectivity index (χ2v) is 5.79. The summed E-state index contributed by atoms with van der Waals surface area (Å²) in [4.78, 5) is 8.97. The van der Waals surface area contributed by atoms with E-state index >= 15 is 0 Å². The van der Waals surface area contributed by atoms with E-state index in [1.54, 1.807) is 12.6 Å². The highest BCUT2D eigenvalue weighted by Crippen LogP contribution is 2.30. The first-order valence-electron chi connectivity index (χ1n) is 7.89. The number of hydrogen-bond acceptors (Lipinski definition) is 4. The van der Waals surface area contributed by atoms with Crippen LogP contribution in [0.25, 0.3) is 11.0 Å². The van der Waals surface area contributed by atoms with Gasteiger partial charge in [0.05, 0.1) is 18.2 Å². The van der Waals surface area contributed by atoms with Gasteiger partial charge in [-0.25, -0.2) is 9.97 Å². The highest BCUT2D eigenvalue weighted by Gasteiger charge is 2.17. The smallest absolute Gasteiger partial charge is 0.146 e. The van der Waals surface area contributed by atoms with Gasteiger partial charge in [-0.05, 0) is 43.7 Å². The largest absolute Gasteiger partial charge is 0.467 e. The van der Waals surface area contributed by atoms with E-state index in [0.717, 1.165) is 34.0 Å². The van der Waals surface area contributed by atoms with Crippen LogP contribution in [0.4, 0.5) is 11.5 Å². The molecule has 1 N–H and O–H groups in total. The Hall–Kier alpha value is -3.08. The van der Waals surface area contributed by atoms with Crippen LogP contribution in [0.2, 0.25) is 0 Å². The zero-order valence-corrected chi connectivity index (χ0v) is 13.7. The van der Waals surface area contributed by atoms with Gasteiger partial charge in [0, 0.05) is 11.4 Å². The van der Waals surface area contributed by atoms with Crippen LogP contribution in [0.1, 0.15) is 17.0 Å². The third-order valence-corrected chi connectivity index (χ3v) is 4.34. The maximum Gasteiger partial charge on any atom is 0.146 e. The molecule has 0 bridgehead atoms. The Morgan fingerprint density at radius 3 is 2.62 bits per heavy atom. The minimum Gasteiger partial charge on any atom is -0.467 e. The van der Waals surface area contributed by atoms with Gasteiger partial charge >= 0.3 is 0 Å². The summed E-state index contributed by atoms with van der Waals surface area (Å²) in [5.74, 6) is 1.73. The van der Waals surface area contributed by atoms with Crippen LogP contribution < -0.4 is 5.32 Å². The van der Waals surface area contributed by atoms with Gasteiger partial charge in [-0.3, -0.25) is 0 Å². The van der Waals surface area contributed by atoms with Gasteiger partial charge in [0.25, 0.3) is 0 Å². The number of anilines is 2. The van der Waals surface area contributed by atoms with Gasteiger partial charge in [-0.15, -0.1) is 0 Å². The van der Waals surface area contributed by atoms with Crippen molar-refractivity contribution in [1.82, 2.24) is 14.5 Å². The molecule has 24 heavy (non-hydrogen) atoms. The van der Waals surface area contributed by atoms with E-state index in [9.17, 15) is 0 Å². The summed E-state index contributed by atoms with van der Waals surface area (Å²) >= 11 is 0. The van der Waals surface area contributed by atoms with Crippen LogP contribution in [0, 0.1) is 13.8 Å². The molecule has 0 saturated heterocycles. The molecule has 0 aliphatic rings. The standard InChI is InChI=1S/C19H18N4O/c1-13-14(2)23(11-16-9-6-10-24-16)19-17(13)18(20-12-21-19)22-15-7-4-3-5-8-15/h3-10,12H,11H2,1-2H3,(H,20,21,22). The summed E-state index contributed by atoms with van der Waals surface area (Å²) in [6.07, 6.45) is 3.30. The minimum absolute atomic E-state index is 0.658. The predicted octanol–water partition coefficient (Wildman–Crippen LogP) is 4.43. The number of para-hydroxylation sites is 1. The van der Waals surface area contributed by atoms with Gasteiger partial charge in [-0.2, -0.15) is 0 Å². The molecular formula is C19H18N4O. The van der Waals surface area contributed by atoms with E-state index in [0.29, 0.717) is 6.54 Å². The Morgan fingerprint density at radius 2 is 1.88 bits per heavy atom. The summed E-state index contributed by atoms with van der Waals surface area (Å²) in [5.41, 5.74) is 4.26. The number of hydrogen-bond donors (Lipinski definition) is 1. The van der Waals surface area contributed by atoms with E-state index in [4.69, 9.17) is 4.42 Å². The minimum atomic E-state index is 0.658. The van der Waals surface area contributed by atoms with Crippen molar-refractivity contribution in [3.05, 3.63) is 72.1 Å². The molecule has 5 nitrogen and oxygen atoms in total. The van der Waals surface area contributed by atoms with Gasteiger partial charge in [0.1, 0.15) is 23.6 Å². The van der Waals surface area contributed by atoms with Gasteiger partial charge in [-0.1, -0.05) is 18.2 Å². The molecule has 0 unspecified atom stereocenters. The summed E-state index contributed by atoms with van der Waals surface area (Å²) in [7, 11) is 0. The molecule has 3 heterocycles. The average molecular weight is 318 g/mol. The Balaban J connectivity index is 1.82. The van der Waals surface area contributed by atoms with Crippen molar-refractivity contribution in [3.63, 3.8) is 0 Å². The zero-order valence-electron chi connectivity index (χ0n) is 13.7. The molecule has 0 radical (unpaired) electrons. The third-order valence-electron chi connectivity index (χ3n) is 4.34. The number of fused-ring (bicyclic) bond motifs is 1. The molecule has 0 saturated carbocycles. The molecule has 0 aliphatic carbocycles. The lowest BCUT2D eigenvalue weighted by Gasteiger charge is -2.08. The number of rotatable bonds is 4. The van der Waals surface area contributed by atoms with E-state index in [1.807, 2.05) is 42.5 Å². The molecule has 0 fully saturated rings. The van der Waals surface area contributed by atoms with Crippen molar-refractivity contribution in [2.75, 3.05) is 5.32 Å². The molecule has 0 amide bonds. The maximum absolute atomic E-state index is 5.50. The van der Waals surface area contributed by atoms with Crippen molar-refractivity contribution < 1.29 is 4.42 Å². The summed E-state index contributed by atoms with van der Waals surface area (Å²) in [5, 5.41) is 4.45. The number of nitrogens with zero attached hydrogens (tertiary/aromatic N) is 3. The maximum atomic E-state index is 5.50. The molecule has 0 atom stereocenters. The highest BCUT2D eigenvalue weighted by molar-refractivity contribution is 5.93. The van der Waals surface area contributed by atoms with Crippen molar-refractivity contribution in [1.29, 1.82) is 0 Å². The van der Waals surface area contributed by atoms with E-state index in [2.05, 4.69) is 33.7 Å². The molecular weight excluding hydrogens is 300 g/mol. The summed E-state index contributed by atoms with van der Waals surface area (Å²) in [6.45, 7) is 4.87. The van der Waals surface area contributed by atoms with Crippen molar-refractivity contribution in [2.24, 2.45) is 0 Å². The molecule has 1 aromatic carbocycles. The van der Waals surface area contributed by atoms with Crippen LogP contribution in [0.3, 0.4) is 0 Å². The third kappa shape index (κ3) is 2.44. The predicted molar refractivity (Wildman–Crippen MR) is 94.5 cm³/mol. The Kier molecular flexibility index (Phi) is 3.54. The van der Waals surface area contributed by atoms with Crippen molar-refractivity contribution in [3.8, 4) is 0 Å². The normalized spacial score (nSPS) is 11.1. The van der Waals surface area contributed by atoms with Crippen LogP contribution >= 0.6 is 0 Å². The fourth-order valence-electron chi connectivity index (χ4n) is 2.97. The summed E-state index contributed by atoms with van der Waals surface area (Å²) < 4.78 is 7.66. The molecule has 0 aliphatic heterocycles. The van der Waals surface area contributed by atoms with Gasteiger partial charge in [0.2, 0.25) is 0 Å². The van der Waals surface area contributed by atoms with Crippen molar-refractivity contribution in [2.45, 2.75) is 20.4 Å². The zero-order chi connectivity index (χ0) is 16.5. The molecule has 4 rings (SSSR count). The first-order chi connectivity index (χ1) is 11.7. The first kappa shape index (κ1) is 14.5. The number of nitrogens with one attached hydrogen (secondary N) is 1. The number of aromatic nitrogens is 3. The fourth-order valence-corrected chi connectivity index (χ4v) is 2.97. The molecule has 3 aromatic heterocycles. The van der Waals surface area contributed by atoms with Gasteiger partial charge in [0.15, 0.2) is 0 Å². The second-order valence-electron chi connectivity index (χ2n) is 5.79. The lowest BCUT2D eigenvalue weighted by atomic mass is 10.2.